The van der Waals surface area contributed by atoms with E-state index in [2.05, 4.69) is 6.92 Å². The van der Waals surface area contributed by atoms with Crippen LogP contribution in [0.2, 0.25) is 0 Å². The fourth-order valence-corrected chi connectivity index (χ4v) is 0.372. The Labute approximate surface area is 73.2 Å². The van der Waals surface area contributed by atoms with Crippen LogP contribution in [0.15, 0.2) is 0 Å². The number of ether oxygens (including phenoxy) is 1. The molecule has 4 nitrogen and oxygen atoms in total. The number of aliphatic carboxylic acids is 1. The van der Waals surface area contributed by atoms with Gasteiger partial charge in [0.1, 0.15) is 0 Å². The summed E-state index contributed by atoms with van der Waals surface area (Å²) in [6.45, 7) is 5.73. The van der Waals surface area contributed by atoms with E-state index in [0.717, 1.165) is 13.3 Å². The van der Waals surface area contributed by atoms with Crippen LogP contribution in [0.5, 0.6) is 0 Å². The molecule has 0 rings (SSSR count). The van der Waals surface area contributed by atoms with Crippen LogP contribution in [0.4, 0.5) is 0 Å². The molecule has 0 saturated heterocycles. The van der Waals surface area contributed by atoms with Gasteiger partial charge in [0.15, 0.2) is 0 Å². The molecule has 74 valence electrons. The Hall–Kier alpha value is -0.610. The van der Waals surface area contributed by atoms with E-state index in [1.807, 2.05) is 6.92 Å². The van der Waals surface area contributed by atoms with Gasteiger partial charge >= 0.3 is 0 Å². The predicted octanol–water partition coefficient (Wildman–Crippen LogP) is 0.885. The van der Waals surface area contributed by atoms with Gasteiger partial charge in [0, 0.05) is 6.92 Å². The van der Waals surface area contributed by atoms with Gasteiger partial charge in [-0.15, -0.1) is 0 Å². The standard InChI is InChI=1S/C6H14O2.C2H4O2/c1-3-6(2)8-5-4-7;1-2(3)4/h6-7H,3-5H2,1-2H3;1H3,(H,3,4). The monoisotopic (exact) mass is 178 g/mol. The number of rotatable bonds is 4. The Morgan fingerprint density at radius 1 is 1.58 bits per heavy atom. The van der Waals surface area contributed by atoms with E-state index in [1.54, 1.807) is 0 Å². The highest BCUT2D eigenvalue weighted by Gasteiger charge is 1.94. The van der Waals surface area contributed by atoms with Crippen LogP contribution in [0.25, 0.3) is 0 Å². The SMILES string of the molecule is CC(=O)O.CCC(C)OCCO. The van der Waals surface area contributed by atoms with E-state index in [9.17, 15) is 0 Å². The summed E-state index contributed by atoms with van der Waals surface area (Å²) in [5.41, 5.74) is 0. The number of carboxylic acids is 1. The van der Waals surface area contributed by atoms with Crippen molar-refractivity contribution in [2.45, 2.75) is 33.3 Å². The predicted molar refractivity (Wildman–Crippen MR) is 46.1 cm³/mol. The van der Waals surface area contributed by atoms with E-state index < -0.39 is 5.97 Å². The third-order valence-electron chi connectivity index (χ3n) is 1.07. The molecule has 0 spiro atoms. The first-order valence-corrected chi connectivity index (χ1v) is 3.96. The summed E-state index contributed by atoms with van der Waals surface area (Å²) in [7, 11) is 0. The maximum absolute atomic E-state index is 9.00. The minimum atomic E-state index is -0.833. The summed E-state index contributed by atoms with van der Waals surface area (Å²) in [5, 5.41) is 15.7. The van der Waals surface area contributed by atoms with Crippen LogP contribution < -0.4 is 0 Å². The van der Waals surface area contributed by atoms with E-state index in [-0.39, 0.29) is 6.61 Å². The molecule has 0 aliphatic carbocycles. The molecular weight excluding hydrogens is 160 g/mol. The Morgan fingerprint density at radius 3 is 2.25 bits per heavy atom. The Bertz CT molecular complexity index is 99.2. The van der Waals surface area contributed by atoms with Crippen molar-refractivity contribution in [2.24, 2.45) is 0 Å². The van der Waals surface area contributed by atoms with Crippen molar-refractivity contribution in [1.82, 2.24) is 0 Å². The number of hydrogen-bond acceptors (Lipinski definition) is 3. The average molecular weight is 178 g/mol. The van der Waals surface area contributed by atoms with Crippen LogP contribution in [0, 0.1) is 0 Å². The molecule has 0 aromatic heterocycles. The molecule has 0 aliphatic heterocycles. The highest BCUT2D eigenvalue weighted by Crippen LogP contribution is 1.93. The van der Waals surface area contributed by atoms with Gasteiger partial charge in [0.05, 0.1) is 19.3 Å². The second-order valence-electron chi connectivity index (χ2n) is 2.33. The molecule has 4 heteroatoms. The summed E-state index contributed by atoms with van der Waals surface area (Å²) >= 11 is 0. The van der Waals surface area contributed by atoms with Gasteiger partial charge in [-0.2, -0.15) is 0 Å². The third-order valence-corrected chi connectivity index (χ3v) is 1.07. The van der Waals surface area contributed by atoms with Crippen molar-refractivity contribution in [2.75, 3.05) is 13.2 Å². The van der Waals surface area contributed by atoms with Crippen molar-refractivity contribution < 1.29 is 19.7 Å². The maximum atomic E-state index is 9.00. The van der Waals surface area contributed by atoms with Crippen LogP contribution in [-0.4, -0.2) is 35.5 Å². The minimum Gasteiger partial charge on any atom is -0.481 e. The van der Waals surface area contributed by atoms with Crippen LogP contribution in [-0.2, 0) is 9.53 Å². The highest BCUT2D eigenvalue weighted by atomic mass is 16.5. The molecule has 2 N–H and O–H groups in total. The van der Waals surface area contributed by atoms with Gasteiger partial charge in [-0.05, 0) is 13.3 Å². The molecular formula is C8H18O4. The molecule has 0 heterocycles. The van der Waals surface area contributed by atoms with Crippen molar-refractivity contribution in [3.63, 3.8) is 0 Å². The average Bonchev–Trinajstić information content (AvgIpc) is 1.99. The lowest BCUT2D eigenvalue weighted by atomic mass is 10.3. The number of hydrogen-bond donors (Lipinski definition) is 2. The Morgan fingerprint density at radius 2 is 2.00 bits per heavy atom. The Kier molecular flexibility index (Phi) is 12.1. The van der Waals surface area contributed by atoms with E-state index >= 15 is 0 Å². The van der Waals surface area contributed by atoms with Gasteiger partial charge in [-0.3, -0.25) is 4.79 Å². The van der Waals surface area contributed by atoms with E-state index in [0.29, 0.717) is 12.7 Å². The number of carboxylic acid groups (broad SMARTS) is 1. The van der Waals surface area contributed by atoms with Crippen LogP contribution in [0.3, 0.4) is 0 Å². The lowest BCUT2D eigenvalue weighted by Gasteiger charge is -2.07. The molecule has 0 saturated carbocycles. The zero-order chi connectivity index (χ0) is 9.98. The zero-order valence-electron chi connectivity index (χ0n) is 7.91. The lowest BCUT2D eigenvalue weighted by molar-refractivity contribution is -0.134. The molecule has 1 unspecified atom stereocenters. The first kappa shape index (κ1) is 13.9. The molecule has 0 bridgehead atoms. The van der Waals surface area contributed by atoms with E-state index in [4.69, 9.17) is 19.7 Å². The third kappa shape index (κ3) is 22.8. The second-order valence-corrected chi connectivity index (χ2v) is 2.33. The van der Waals surface area contributed by atoms with Gasteiger partial charge in [0.25, 0.3) is 5.97 Å². The van der Waals surface area contributed by atoms with Gasteiger partial charge < -0.3 is 14.9 Å². The molecule has 0 amide bonds. The van der Waals surface area contributed by atoms with Crippen LogP contribution >= 0.6 is 0 Å². The largest absolute Gasteiger partial charge is 0.481 e. The topological polar surface area (TPSA) is 66.8 Å². The highest BCUT2D eigenvalue weighted by molar-refractivity contribution is 5.62. The summed E-state index contributed by atoms with van der Waals surface area (Å²) in [5.74, 6) is -0.833. The van der Waals surface area contributed by atoms with Crippen molar-refractivity contribution in [3.05, 3.63) is 0 Å². The van der Waals surface area contributed by atoms with Crippen molar-refractivity contribution in [3.8, 4) is 0 Å². The molecule has 0 radical (unpaired) electrons. The number of aliphatic hydroxyl groups excluding tert-OH is 1. The quantitative estimate of drug-likeness (QED) is 0.670. The normalized spacial score (nSPS) is 11.3. The van der Waals surface area contributed by atoms with Crippen LogP contribution in [0.1, 0.15) is 27.2 Å². The molecule has 0 aliphatic rings. The molecule has 0 fully saturated rings. The molecule has 1 atom stereocenters. The first-order chi connectivity index (χ1) is 5.54. The molecule has 0 aromatic carbocycles. The lowest BCUT2D eigenvalue weighted by Crippen LogP contribution is -2.09. The maximum Gasteiger partial charge on any atom is 0.300 e. The van der Waals surface area contributed by atoms with Gasteiger partial charge in [0.2, 0.25) is 0 Å². The minimum absolute atomic E-state index is 0.129. The fraction of sp³-hybridized carbons (Fsp3) is 0.875. The van der Waals surface area contributed by atoms with Gasteiger partial charge in [-0.1, -0.05) is 6.92 Å². The molecule has 12 heavy (non-hydrogen) atoms. The van der Waals surface area contributed by atoms with E-state index in [1.165, 1.54) is 0 Å². The fourth-order valence-electron chi connectivity index (χ4n) is 0.372. The molecule has 0 aromatic rings. The summed E-state index contributed by atoms with van der Waals surface area (Å²) in [6.07, 6.45) is 1.31. The zero-order valence-corrected chi connectivity index (χ0v) is 7.91. The summed E-state index contributed by atoms with van der Waals surface area (Å²) in [6, 6.07) is 0. The number of aliphatic hydroxyl groups is 1. The smallest absolute Gasteiger partial charge is 0.300 e. The van der Waals surface area contributed by atoms with Gasteiger partial charge in [-0.25, -0.2) is 0 Å². The van der Waals surface area contributed by atoms with Crippen molar-refractivity contribution >= 4 is 5.97 Å². The second kappa shape index (κ2) is 10.4. The first-order valence-electron chi connectivity index (χ1n) is 3.96. The Balaban J connectivity index is 0. The number of carbonyl (C=O) groups is 1. The summed E-state index contributed by atoms with van der Waals surface area (Å²) in [4.78, 5) is 9.00. The van der Waals surface area contributed by atoms with Crippen molar-refractivity contribution in [1.29, 1.82) is 0 Å². The summed E-state index contributed by atoms with van der Waals surface area (Å²) < 4.78 is 5.09.